The molecule has 0 heterocycles. The highest BCUT2D eigenvalue weighted by Gasteiger charge is 2.26. The molecule has 7 nitrogen and oxygen atoms in total. The molecule has 2 saturated carbocycles. The number of likely N-dealkylation sites (N-methyl/N-ethyl adjacent to an activating group) is 1. The maximum absolute atomic E-state index is 12.3. The lowest BCUT2D eigenvalue weighted by Crippen LogP contribution is -3.11. The Bertz CT molecular complexity index is 668. The molecule has 4 N–H and O–H groups in total. The van der Waals surface area contributed by atoms with E-state index in [0.717, 1.165) is 30.6 Å². The highest BCUT2D eigenvalue weighted by atomic mass is 16.2. The minimum atomic E-state index is -0.219. The average molecular weight is 345 g/mol. The normalized spacial score (nSPS) is 17.5. The van der Waals surface area contributed by atoms with Crippen molar-refractivity contribution in [1.82, 2.24) is 10.6 Å². The fourth-order valence-electron chi connectivity index (χ4n) is 2.59. The lowest BCUT2D eigenvalue weighted by atomic mass is 10.1. The number of benzene rings is 1. The summed E-state index contributed by atoms with van der Waals surface area (Å²) in [6, 6.07) is 7.56. The Labute approximate surface area is 147 Å². The number of carbonyl (C=O) groups is 3. The predicted octanol–water partition coefficient (Wildman–Crippen LogP) is -0.689. The first-order chi connectivity index (χ1) is 12.0. The average Bonchev–Trinajstić information content (AvgIpc) is 3.44. The van der Waals surface area contributed by atoms with E-state index in [1.807, 2.05) is 0 Å². The zero-order chi connectivity index (χ0) is 17.8. The van der Waals surface area contributed by atoms with Gasteiger partial charge in [0.1, 0.15) is 0 Å². The smallest absolute Gasteiger partial charge is 0.279 e. The predicted molar refractivity (Wildman–Crippen MR) is 93.3 cm³/mol. The van der Waals surface area contributed by atoms with Crippen molar-refractivity contribution in [3.8, 4) is 0 Å². The Hall–Kier alpha value is -2.41. The maximum Gasteiger partial charge on any atom is 0.279 e. The first-order valence-electron chi connectivity index (χ1n) is 8.81. The number of rotatable bonds is 8. The molecule has 3 amide bonds. The molecule has 0 bridgehead atoms. The molecule has 0 saturated heterocycles. The van der Waals surface area contributed by atoms with Crippen LogP contribution in [0.1, 0.15) is 36.0 Å². The second-order valence-electron chi connectivity index (χ2n) is 6.99. The lowest BCUT2D eigenvalue weighted by Gasteiger charge is -2.15. The first kappa shape index (κ1) is 17.4. The third-order valence-electron chi connectivity index (χ3n) is 4.23. The second kappa shape index (κ2) is 7.65. The topological polar surface area (TPSA) is 91.7 Å². The standard InChI is InChI=1S/C18H24N4O3/c1-22(10-16(23)19-12-6-7-12)11-17(24)21-15-5-3-2-4-14(15)18(25)20-13-8-9-13/h2-5,12-13H,6-11H2,1H3,(H,19,23)(H,20,25)(H,21,24)/p+1. The number of carbonyl (C=O) groups excluding carboxylic acids is 3. The van der Waals surface area contributed by atoms with Crippen molar-refractivity contribution in [3.63, 3.8) is 0 Å². The molecule has 0 spiro atoms. The summed E-state index contributed by atoms with van der Waals surface area (Å²) in [5.41, 5.74) is 0.966. The Morgan fingerprint density at radius 3 is 2.24 bits per heavy atom. The van der Waals surface area contributed by atoms with Crippen LogP contribution in [-0.2, 0) is 9.59 Å². The molecule has 0 aromatic heterocycles. The molecular weight excluding hydrogens is 320 g/mol. The molecule has 2 fully saturated rings. The summed E-state index contributed by atoms with van der Waals surface area (Å²) in [4.78, 5) is 37.1. The van der Waals surface area contributed by atoms with Gasteiger partial charge in [0.25, 0.3) is 17.7 Å². The number of hydrogen-bond donors (Lipinski definition) is 4. The van der Waals surface area contributed by atoms with E-state index in [4.69, 9.17) is 0 Å². The number of anilines is 1. The van der Waals surface area contributed by atoms with Gasteiger partial charge in [-0.1, -0.05) is 12.1 Å². The Balaban J connectivity index is 1.51. The van der Waals surface area contributed by atoms with Gasteiger partial charge < -0.3 is 20.9 Å². The van der Waals surface area contributed by atoms with Crippen molar-refractivity contribution in [3.05, 3.63) is 29.8 Å². The van der Waals surface area contributed by atoms with Gasteiger partial charge in [-0.05, 0) is 37.8 Å². The van der Waals surface area contributed by atoms with E-state index in [2.05, 4.69) is 16.0 Å². The molecule has 0 radical (unpaired) electrons. The summed E-state index contributed by atoms with van der Waals surface area (Å²) in [5, 5.41) is 8.63. The van der Waals surface area contributed by atoms with Gasteiger partial charge >= 0.3 is 0 Å². The second-order valence-corrected chi connectivity index (χ2v) is 6.99. The molecule has 1 aromatic carbocycles. The summed E-state index contributed by atoms with van der Waals surface area (Å²) in [5.74, 6) is -0.414. The summed E-state index contributed by atoms with van der Waals surface area (Å²) in [6.07, 6.45) is 4.12. The number of para-hydroxylation sites is 1. The SMILES string of the molecule is C[NH+](CC(=O)Nc1ccccc1C(=O)NC1CC1)CC(=O)NC1CC1. The molecule has 2 aliphatic carbocycles. The van der Waals surface area contributed by atoms with Crippen LogP contribution in [-0.4, -0.2) is 49.9 Å². The monoisotopic (exact) mass is 345 g/mol. The zero-order valence-corrected chi connectivity index (χ0v) is 14.4. The highest BCUT2D eigenvalue weighted by molar-refractivity contribution is 6.04. The molecule has 1 atom stereocenters. The molecule has 3 rings (SSSR count). The summed E-state index contributed by atoms with van der Waals surface area (Å²) < 4.78 is 0. The van der Waals surface area contributed by atoms with Crippen molar-refractivity contribution in [2.24, 2.45) is 0 Å². The van der Waals surface area contributed by atoms with Gasteiger partial charge in [0.15, 0.2) is 13.1 Å². The maximum atomic E-state index is 12.3. The van der Waals surface area contributed by atoms with Gasteiger partial charge in [0.2, 0.25) is 0 Å². The van der Waals surface area contributed by atoms with Crippen LogP contribution in [0.4, 0.5) is 5.69 Å². The summed E-state index contributed by atoms with van der Waals surface area (Å²) in [6.45, 7) is 0.421. The Morgan fingerprint density at radius 2 is 1.56 bits per heavy atom. The molecular formula is C18H25N4O3+. The Kier molecular flexibility index (Phi) is 5.33. The van der Waals surface area contributed by atoms with Crippen molar-refractivity contribution >= 4 is 23.4 Å². The van der Waals surface area contributed by atoms with Gasteiger partial charge in [-0.25, -0.2) is 0 Å². The van der Waals surface area contributed by atoms with Gasteiger partial charge in [0, 0.05) is 12.1 Å². The quantitative estimate of drug-likeness (QED) is 0.503. The molecule has 7 heteroatoms. The van der Waals surface area contributed by atoms with Crippen LogP contribution in [0.15, 0.2) is 24.3 Å². The van der Waals surface area contributed by atoms with E-state index in [9.17, 15) is 14.4 Å². The van der Waals surface area contributed by atoms with Gasteiger partial charge in [-0.2, -0.15) is 0 Å². The van der Waals surface area contributed by atoms with E-state index >= 15 is 0 Å². The van der Waals surface area contributed by atoms with Crippen molar-refractivity contribution in [2.45, 2.75) is 37.8 Å². The minimum Gasteiger partial charge on any atom is -0.349 e. The van der Waals surface area contributed by atoms with Crippen LogP contribution >= 0.6 is 0 Å². The molecule has 1 aromatic rings. The molecule has 134 valence electrons. The van der Waals surface area contributed by atoms with Crippen molar-refractivity contribution in [1.29, 1.82) is 0 Å². The van der Waals surface area contributed by atoms with E-state index < -0.39 is 0 Å². The van der Waals surface area contributed by atoms with Crippen LogP contribution in [0.2, 0.25) is 0 Å². The van der Waals surface area contributed by atoms with Crippen molar-refractivity contribution < 1.29 is 19.3 Å². The molecule has 25 heavy (non-hydrogen) atoms. The summed E-state index contributed by atoms with van der Waals surface area (Å²) in [7, 11) is 1.80. The van der Waals surface area contributed by atoms with Gasteiger partial charge in [0.05, 0.1) is 18.3 Å². The molecule has 0 aliphatic heterocycles. The largest absolute Gasteiger partial charge is 0.349 e. The zero-order valence-electron chi connectivity index (χ0n) is 14.4. The number of hydrogen-bond acceptors (Lipinski definition) is 3. The van der Waals surface area contributed by atoms with Crippen LogP contribution in [0.25, 0.3) is 0 Å². The van der Waals surface area contributed by atoms with Gasteiger partial charge in [-0.15, -0.1) is 0 Å². The van der Waals surface area contributed by atoms with E-state index in [-0.39, 0.29) is 36.9 Å². The summed E-state index contributed by atoms with van der Waals surface area (Å²) >= 11 is 0. The minimum absolute atomic E-state index is 0.0305. The molecule has 2 aliphatic rings. The number of amides is 3. The Morgan fingerprint density at radius 1 is 0.960 bits per heavy atom. The molecule has 1 unspecified atom stereocenters. The van der Waals surface area contributed by atoms with Crippen LogP contribution in [0.3, 0.4) is 0 Å². The van der Waals surface area contributed by atoms with Gasteiger partial charge in [-0.3, -0.25) is 14.4 Å². The third kappa shape index (κ3) is 5.56. The lowest BCUT2D eigenvalue weighted by molar-refractivity contribution is -0.862. The fraction of sp³-hybridized carbons (Fsp3) is 0.500. The number of quaternary nitrogens is 1. The highest BCUT2D eigenvalue weighted by Crippen LogP contribution is 2.21. The number of nitrogens with one attached hydrogen (secondary N) is 4. The van der Waals surface area contributed by atoms with E-state index in [1.54, 1.807) is 31.3 Å². The third-order valence-corrected chi connectivity index (χ3v) is 4.23. The van der Waals surface area contributed by atoms with Crippen LogP contribution in [0.5, 0.6) is 0 Å². The van der Waals surface area contributed by atoms with E-state index in [0.29, 0.717) is 17.3 Å². The van der Waals surface area contributed by atoms with E-state index in [1.165, 1.54) is 0 Å². The van der Waals surface area contributed by atoms with Crippen LogP contribution < -0.4 is 20.9 Å². The van der Waals surface area contributed by atoms with Crippen molar-refractivity contribution in [2.75, 3.05) is 25.5 Å². The van der Waals surface area contributed by atoms with Crippen LogP contribution in [0, 0.1) is 0 Å². The fourth-order valence-corrected chi connectivity index (χ4v) is 2.59. The first-order valence-corrected chi connectivity index (χ1v) is 8.81.